The predicted molar refractivity (Wildman–Crippen MR) is 158 cm³/mol. The molecule has 4 rings (SSSR count). The van der Waals surface area contributed by atoms with Gasteiger partial charge in [0.05, 0.1) is 18.0 Å². The van der Waals surface area contributed by atoms with Gasteiger partial charge in [-0.05, 0) is 56.1 Å². The summed E-state index contributed by atoms with van der Waals surface area (Å²) < 4.78 is 31.4. The van der Waals surface area contributed by atoms with Crippen LogP contribution in [0.2, 0.25) is 0 Å². The maximum absolute atomic E-state index is 13.5. The van der Waals surface area contributed by atoms with Crippen LogP contribution in [0.5, 0.6) is 0 Å². The summed E-state index contributed by atoms with van der Waals surface area (Å²) in [5.74, 6) is -0.283. The monoisotopic (exact) mass is 599 g/mol. The fraction of sp³-hybridized carbons (Fsp3) is 0.500. The molecule has 1 aliphatic heterocycles. The van der Waals surface area contributed by atoms with Gasteiger partial charge in [-0.3, -0.25) is 14.6 Å². The minimum absolute atomic E-state index is 0.0944. The number of esters is 1. The Labute approximate surface area is 245 Å². The normalized spacial score (nSPS) is 23.6. The van der Waals surface area contributed by atoms with Gasteiger partial charge in [0.25, 0.3) is 0 Å². The molecule has 2 aliphatic rings. The van der Waals surface area contributed by atoms with Gasteiger partial charge < -0.3 is 20.4 Å². The zero-order chi connectivity index (χ0) is 30.9. The van der Waals surface area contributed by atoms with Crippen LogP contribution < -0.4 is 15.4 Å². The Balaban J connectivity index is 1.68. The summed E-state index contributed by atoms with van der Waals surface area (Å²) >= 11 is 0. The van der Waals surface area contributed by atoms with Crippen LogP contribution in [0.15, 0.2) is 17.4 Å². The lowest BCUT2D eigenvalue weighted by Crippen LogP contribution is -2.46. The fourth-order valence-corrected chi connectivity index (χ4v) is 6.49. The van der Waals surface area contributed by atoms with Gasteiger partial charge in [0, 0.05) is 25.0 Å². The van der Waals surface area contributed by atoms with Crippen molar-refractivity contribution in [3.63, 3.8) is 0 Å². The summed E-state index contributed by atoms with van der Waals surface area (Å²) in [6, 6.07) is -1.06. The third-order valence-electron chi connectivity index (χ3n) is 7.41. The number of aromatic amines is 1. The standard InChI is InChI=1S/C28H37N7O6S/c1-13-10-14(2)24(15(3)11-13)41-28(38)21-16(4)19(32-25(21)31-18(6)36)12-20-22-23(30-9-8-29-22)26(33-20)34-27(37)17(5)35-42(7,39)40/h8-9,12-15,17,24,32,35H,10-11H2,1-7H3,(H,31,36)(H,33,34,37)/b20-12-. The molecule has 13 nitrogen and oxygen atoms in total. The van der Waals surface area contributed by atoms with E-state index in [1.54, 1.807) is 13.0 Å². The van der Waals surface area contributed by atoms with Crippen LogP contribution in [0.4, 0.5) is 5.82 Å². The average Bonchev–Trinajstić information content (AvgIpc) is 3.36. The van der Waals surface area contributed by atoms with E-state index < -0.39 is 27.9 Å². The summed E-state index contributed by atoms with van der Waals surface area (Å²) in [6.45, 7) is 10.9. The highest BCUT2D eigenvalue weighted by Crippen LogP contribution is 2.37. The van der Waals surface area contributed by atoms with Gasteiger partial charge in [-0.25, -0.2) is 27.9 Å². The van der Waals surface area contributed by atoms with Crippen molar-refractivity contribution in [2.24, 2.45) is 22.7 Å². The van der Waals surface area contributed by atoms with Gasteiger partial charge in [0.1, 0.15) is 28.9 Å². The number of rotatable bonds is 7. The number of amidine groups is 1. The number of aliphatic imine (C=N–C) groups is 1. The highest BCUT2D eigenvalue weighted by Gasteiger charge is 2.36. The number of anilines is 1. The van der Waals surface area contributed by atoms with Crippen molar-refractivity contribution < 1.29 is 27.5 Å². The van der Waals surface area contributed by atoms with E-state index in [0.29, 0.717) is 34.3 Å². The Morgan fingerprint density at radius 3 is 2.29 bits per heavy atom. The quantitative estimate of drug-likeness (QED) is 0.350. The smallest absolute Gasteiger partial charge is 0.342 e. The van der Waals surface area contributed by atoms with Crippen molar-refractivity contribution in [2.75, 3.05) is 11.6 Å². The van der Waals surface area contributed by atoms with Crippen LogP contribution in [0.1, 0.15) is 80.5 Å². The summed E-state index contributed by atoms with van der Waals surface area (Å²) in [5, 5.41) is 5.30. The molecule has 226 valence electrons. The lowest BCUT2D eigenvalue weighted by atomic mass is 9.75. The molecule has 3 atom stereocenters. The number of amides is 2. The van der Waals surface area contributed by atoms with E-state index in [9.17, 15) is 22.8 Å². The van der Waals surface area contributed by atoms with E-state index in [4.69, 9.17) is 4.74 Å². The number of sulfonamides is 1. The number of H-pyrrole nitrogens is 1. The van der Waals surface area contributed by atoms with Gasteiger partial charge >= 0.3 is 5.97 Å². The molecule has 2 aromatic rings. The Bertz CT molecular complexity index is 1570. The molecule has 1 fully saturated rings. The van der Waals surface area contributed by atoms with Crippen molar-refractivity contribution >= 4 is 51.2 Å². The number of aromatic nitrogens is 3. The first-order chi connectivity index (χ1) is 19.6. The maximum Gasteiger partial charge on any atom is 0.342 e. The van der Waals surface area contributed by atoms with Gasteiger partial charge in [-0.1, -0.05) is 20.8 Å². The molecule has 0 spiro atoms. The second kappa shape index (κ2) is 12.1. The first-order valence-corrected chi connectivity index (χ1v) is 15.6. The summed E-state index contributed by atoms with van der Waals surface area (Å²) in [4.78, 5) is 54.5. The van der Waals surface area contributed by atoms with Crippen molar-refractivity contribution in [1.82, 2.24) is 25.0 Å². The van der Waals surface area contributed by atoms with E-state index in [1.807, 2.05) is 0 Å². The number of hydrogen-bond acceptors (Lipinski definition) is 9. The van der Waals surface area contributed by atoms with E-state index in [2.05, 4.69) is 56.1 Å². The number of nitrogens with zero attached hydrogens (tertiary/aromatic N) is 3. The molecule has 4 N–H and O–H groups in total. The molecule has 2 aromatic heterocycles. The molecule has 42 heavy (non-hydrogen) atoms. The van der Waals surface area contributed by atoms with Crippen molar-refractivity contribution in [3.8, 4) is 0 Å². The molecule has 0 radical (unpaired) electrons. The minimum atomic E-state index is -3.62. The number of ether oxygens (including phenoxy) is 1. The molecule has 2 amide bonds. The molecular weight excluding hydrogens is 562 g/mol. The van der Waals surface area contributed by atoms with E-state index in [-0.39, 0.29) is 41.1 Å². The van der Waals surface area contributed by atoms with E-state index in [0.717, 1.165) is 19.1 Å². The second-order valence-corrected chi connectivity index (χ2v) is 13.1. The number of fused-ring (bicyclic) bond motifs is 1. The van der Waals surface area contributed by atoms with Crippen LogP contribution in [0, 0.1) is 24.7 Å². The lowest BCUT2D eigenvalue weighted by molar-refractivity contribution is -0.121. The van der Waals surface area contributed by atoms with Gasteiger partial charge in [-0.15, -0.1) is 0 Å². The number of carbonyl (C=O) groups excluding carboxylic acids is 3. The molecule has 0 saturated heterocycles. The highest BCUT2D eigenvalue weighted by molar-refractivity contribution is 7.88. The summed E-state index contributed by atoms with van der Waals surface area (Å²) in [5.41, 5.74) is 2.22. The molecule has 0 aromatic carbocycles. The molecule has 14 heteroatoms. The topological polar surface area (TPSA) is 185 Å². The molecular formula is C28H37N7O6S. The Hall–Kier alpha value is -3.91. The third kappa shape index (κ3) is 6.93. The highest BCUT2D eigenvalue weighted by atomic mass is 32.2. The molecule has 1 aliphatic carbocycles. The first-order valence-electron chi connectivity index (χ1n) is 13.8. The average molecular weight is 600 g/mol. The minimum Gasteiger partial charge on any atom is -0.458 e. The summed E-state index contributed by atoms with van der Waals surface area (Å²) in [7, 11) is -3.62. The van der Waals surface area contributed by atoms with Crippen LogP contribution in [-0.2, 0) is 24.3 Å². The third-order valence-corrected chi connectivity index (χ3v) is 8.19. The van der Waals surface area contributed by atoms with E-state index in [1.165, 1.54) is 26.2 Å². The first kappa shape index (κ1) is 31.0. The van der Waals surface area contributed by atoms with Crippen LogP contribution in [0.3, 0.4) is 0 Å². The molecule has 0 bridgehead atoms. The Morgan fingerprint density at radius 2 is 1.69 bits per heavy atom. The number of nitrogens with one attached hydrogen (secondary N) is 4. The summed E-state index contributed by atoms with van der Waals surface area (Å²) in [6.07, 6.45) is 7.19. The maximum atomic E-state index is 13.5. The number of hydrogen-bond donors (Lipinski definition) is 4. The van der Waals surface area contributed by atoms with Crippen molar-refractivity contribution in [3.05, 3.63) is 40.6 Å². The van der Waals surface area contributed by atoms with Crippen LogP contribution >= 0.6 is 0 Å². The SMILES string of the molecule is CC(=O)Nc1[nH]c(/C=C2\N=C(NC(=O)C(C)NS(C)(=O)=O)c3nccnc32)c(C)c1C(=O)OC1C(C)CC(C)CC1C. The predicted octanol–water partition coefficient (Wildman–Crippen LogP) is 2.61. The van der Waals surface area contributed by atoms with Crippen molar-refractivity contribution in [2.45, 2.75) is 66.5 Å². The molecule has 3 heterocycles. The van der Waals surface area contributed by atoms with Crippen LogP contribution in [0.25, 0.3) is 11.8 Å². The molecule has 1 saturated carbocycles. The van der Waals surface area contributed by atoms with Gasteiger partial charge in [-0.2, -0.15) is 0 Å². The van der Waals surface area contributed by atoms with Crippen molar-refractivity contribution in [1.29, 1.82) is 0 Å². The largest absolute Gasteiger partial charge is 0.458 e. The fourth-order valence-electron chi connectivity index (χ4n) is 5.74. The zero-order valence-electron chi connectivity index (χ0n) is 24.7. The number of carbonyl (C=O) groups is 3. The van der Waals surface area contributed by atoms with Gasteiger partial charge in [0.15, 0.2) is 5.84 Å². The second-order valence-electron chi connectivity index (χ2n) is 11.3. The molecule has 3 unspecified atom stereocenters. The Kier molecular flexibility index (Phi) is 8.97. The van der Waals surface area contributed by atoms with Crippen LogP contribution in [-0.4, -0.2) is 65.4 Å². The van der Waals surface area contributed by atoms with Gasteiger partial charge in [0.2, 0.25) is 21.8 Å². The Morgan fingerprint density at radius 1 is 1.07 bits per heavy atom. The zero-order valence-corrected chi connectivity index (χ0v) is 25.5. The van der Waals surface area contributed by atoms with E-state index >= 15 is 0 Å². The lowest BCUT2D eigenvalue weighted by Gasteiger charge is -2.37.